The largest absolute Gasteiger partial charge is 0.525 e. The van der Waals surface area contributed by atoms with Gasteiger partial charge in [-0.3, -0.25) is 4.79 Å². The van der Waals surface area contributed by atoms with Gasteiger partial charge in [0.1, 0.15) is 5.56 Å². The number of hydrogen-bond acceptors (Lipinski definition) is 4. The van der Waals surface area contributed by atoms with E-state index in [1.165, 1.54) is 0 Å². The number of nitrogens with one attached hydrogen (secondary N) is 1. The molecule has 0 aliphatic heterocycles. The Morgan fingerprint density at radius 3 is 2.56 bits per heavy atom. The van der Waals surface area contributed by atoms with E-state index in [0.29, 0.717) is 5.56 Å². The number of esters is 1. The number of aromatic hydroxyl groups is 1. The molecule has 85 valence electrons. The Labute approximate surface area is 118 Å². The van der Waals surface area contributed by atoms with Crippen LogP contribution in [-0.4, -0.2) is 23.2 Å². The molecular formula is C10H11NO4Y-2. The molecule has 2 N–H and O–H groups in total. The van der Waals surface area contributed by atoms with E-state index >= 15 is 0 Å². The maximum absolute atomic E-state index is 11.4. The summed E-state index contributed by atoms with van der Waals surface area (Å²) < 4.78 is 4.38. The van der Waals surface area contributed by atoms with Gasteiger partial charge < -0.3 is 21.8 Å². The maximum Gasteiger partial charge on any atom is 0.345 e. The van der Waals surface area contributed by atoms with Crippen LogP contribution in [-0.2, 0) is 43.9 Å². The van der Waals surface area contributed by atoms with Gasteiger partial charge in [0, 0.05) is 32.7 Å². The van der Waals surface area contributed by atoms with Crippen LogP contribution in [0.25, 0.3) is 0 Å². The Hall–Kier alpha value is -0.806. The summed E-state index contributed by atoms with van der Waals surface area (Å²) in [5, 5.41) is 9.65. The molecule has 0 saturated carbocycles. The van der Waals surface area contributed by atoms with Gasteiger partial charge in [0.25, 0.3) is 5.56 Å². The van der Waals surface area contributed by atoms with Gasteiger partial charge in [-0.25, -0.2) is 18.1 Å². The predicted octanol–water partition coefficient (Wildman–Crippen LogP) is 0.423. The van der Waals surface area contributed by atoms with Crippen molar-refractivity contribution in [2.45, 2.75) is 6.42 Å². The number of pyridine rings is 1. The smallest absolute Gasteiger partial charge is 0.345 e. The zero-order chi connectivity index (χ0) is 11.6. The summed E-state index contributed by atoms with van der Waals surface area (Å²) in [7, 11) is 1.13. The van der Waals surface area contributed by atoms with Crippen LogP contribution in [0.4, 0.5) is 0 Å². The Bertz CT molecular complexity index is 453. The first-order valence-corrected chi connectivity index (χ1v) is 4.20. The molecular weight excluding hydrogens is 287 g/mol. The fraction of sp³-hybridized carbons (Fsp3) is 0.200. The summed E-state index contributed by atoms with van der Waals surface area (Å²) in [5.41, 5.74) is -0.555. The number of carbonyl (C=O) groups is 1. The molecule has 1 radical (unpaired) electrons. The molecule has 1 aromatic heterocycles. The minimum atomic E-state index is -0.886. The maximum atomic E-state index is 11.4. The monoisotopic (exact) mass is 298 g/mol. The zero-order valence-electron chi connectivity index (χ0n) is 8.87. The van der Waals surface area contributed by atoms with E-state index in [1.54, 1.807) is 0 Å². The van der Waals surface area contributed by atoms with Gasteiger partial charge in [-0.05, 0) is 0 Å². The summed E-state index contributed by atoms with van der Waals surface area (Å²) in [5.74, 6) is -1.30. The fourth-order valence-corrected chi connectivity index (χ4v) is 1.24. The predicted molar refractivity (Wildman–Crippen MR) is 53.6 cm³/mol. The average molecular weight is 298 g/mol. The standard InChI is InChI=1S/C10H11NO4.Y/c1-4-6-5(2)11-9(13)7(8(6)12)10(14)15-3;/h1-2,4H2,3H3,(H2,11,12,13);/q-2;. The van der Waals surface area contributed by atoms with Gasteiger partial charge in [-0.1, -0.05) is 0 Å². The second-order valence-electron chi connectivity index (χ2n) is 2.88. The van der Waals surface area contributed by atoms with E-state index < -0.39 is 22.8 Å². The van der Waals surface area contributed by atoms with E-state index in [9.17, 15) is 14.7 Å². The van der Waals surface area contributed by atoms with Crippen molar-refractivity contribution in [2.24, 2.45) is 0 Å². The summed E-state index contributed by atoms with van der Waals surface area (Å²) >= 11 is 0. The second kappa shape index (κ2) is 6.06. The number of H-pyrrole nitrogens is 1. The van der Waals surface area contributed by atoms with Crippen LogP contribution in [0.3, 0.4) is 0 Å². The van der Waals surface area contributed by atoms with Crippen LogP contribution in [0.5, 0.6) is 5.75 Å². The Morgan fingerprint density at radius 2 is 2.12 bits per heavy atom. The van der Waals surface area contributed by atoms with Gasteiger partial charge in [0.2, 0.25) is 0 Å². The third-order valence-electron chi connectivity index (χ3n) is 2.02. The van der Waals surface area contributed by atoms with Crippen LogP contribution >= 0.6 is 0 Å². The number of methoxy groups -OCH3 is 1. The van der Waals surface area contributed by atoms with Crippen molar-refractivity contribution in [1.29, 1.82) is 0 Å². The van der Waals surface area contributed by atoms with Crippen molar-refractivity contribution in [1.82, 2.24) is 4.98 Å². The molecule has 0 spiro atoms. The summed E-state index contributed by atoms with van der Waals surface area (Å²) in [6.07, 6.45) is 0.214. The number of ether oxygens (including phenoxy) is 1. The molecule has 1 aromatic rings. The number of rotatable bonds is 2. The van der Waals surface area contributed by atoms with Crippen molar-refractivity contribution < 1.29 is 47.3 Å². The van der Waals surface area contributed by atoms with Crippen LogP contribution in [0.2, 0.25) is 0 Å². The third-order valence-corrected chi connectivity index (χ3v) is 2.02. The first-order chi connectivity index (χ1) is 7.02. The number of carbonyl (C=O) groups excluding carboxylic acids is 1. The summed E-state index contributed by atoms with van der Waals surface area (Å²) in [4.78, 5) is 24.9. The number of aromatic amines is 1. The third kappa shape index (κ3) is 2.65. The van der Waals surface area contributed by atoms with Crippen molar-refractivity contribution in [3.63, 3.8) is 0 Å². The SMILES string of the molecule is [CH2-]Cc1c([CH2-])[nH]c(=O)c(C(=O)OC)c1O.[Y]. The quantitative estimate of drug-likeness (QED) is 0.613. The molecule has 0 aliphatic rings. The molecule has 5 nitrogen and oxygen atoms in total. The Kier molecular flexibility index (Phi) is 5.75. The van der Waals surface area contributed by atoms with E-state index in [4.69, 9.17) is 0 Å². The molecule has 1 heterocycles. The van der Waals surface area contributed by atoms with Gasteiger partial charge >= 0.3 is 5.97 Å². The number of aromatic nitrogens is 1. The molecule has 0 atom stereocenters. The normalized spacial score (nSPS) is 9.38. The van der Waals surface area contributed by atoms with Crippen LogP contribution in [0, 0.1) is 13.8 Å². The minimum Gasteiger partial charge on any atom is -0.525 e. The van der Waals surface area contributed by atoms with Crippen LogP contribution < -0.4 is 5.56 Å². The molecule has 0 aliphatic carbocycles. The number of hydrogen-bond donors (Lipinski definition) is 2. The van der Waals surface area contributed by atoms with Crippen molar-refractivity contribution >= 4 is 5.97 Å². The molecule has 0 fully saturated rings. The van der Waals surface area contributed by atoms with Gasteiger partial charge in [0.05, 0.1) is 12.9 Å². The fourth-order valence-electron chi connectivity index (χ4n) is 1.24. The van der Waals surface area contributed by atoms with E-state index in [-0.39, 0.29) is 44.8 Å². The summed E-state index contributed by atoms with van der Waals surface area (Å²) in [6.45, 7) is 7.09. The van der Waals surface area contributed by atoms with Crippen molar-refractivity contribution in [3.8, 4) is 5.75 Å². The van der Waals surface area contributed by atoms with Crippen LogP contribution in [0.1, 0.15) is 21.6 Å². The Balaban J connectivity index is 0.00000225. The van der Waals surface area contributed by atoms with Gasteiger partial charge in [-0.2, -0.15) is 5.56 Å². The Morgan fingerprint density at radius 1 is 1.56 bits per heavy atom. The topological polar surface area (TPSA) is 79.4 Å². The van der Waals surface area contributed by atoms with E-state index in [1.807, 2.05) is 0 Å². The summed E-state index contributed by atoms with van der Waals surface area (Å²) in [6, 6.07) is 0. The molecule has 0 bridgehead atoms. The van der Waals surface area contributed by atoms with Gasteiger partial charge in [-0.15, -0.1) is 5.69 Å². The molecule has 0 unspecified atom stereocenters. The first kappa shape index (κ1) is 15.2. The van der Waals surface area contributed by atoms with E-state index in [0.717, 1.165) is 7.11 Å². The molecule has 6 heteroatoms. The molecule has 0 aromatic carbocycles. The molecule has 0 amide bonds. The van der Waals surface area contributed by atoms with Gasteiger partial charge in [0.15, 0.2) is 0 Å². The molecule has 1 rings (SSSR count). The second-order valence-corrected chi connectivity index (χ2v) is 2.88. The minimum absolute atomic E-state index is 0. The van der Waals surface area contributed by atoms with Crippen molar-refractivity contribution in [2.75, 3.05) is 7.11 Å². The molecule has 16 heavy (non-hydrogen) atoms. The van der Waals surface area contributed by atoms with Crippen LogP contribution in [0.15, 0.2) is 4.79 Å². The molecule has 0 saturated heterocycles. The average Bonchev–Trinajstić information content (AvgIpc) is 2.17. The first-order valence-electron chi connectivity index (χ1n) is 4.20. The van der Waals surface area contributed by atoms with Crippen molar-refractivity contribution in [3.05, 3.63) is 41.0 Å². The van der Waals surface area contributed by atoms with E-state index in [2.05, 4.69) is 23.6 Å². The zero-order valence-corrected chi connectivity index (χ0v) is 11.7.